The fourth-order valence-corrected chi connectivity index (χ4v) is 5.39. The molecule has 0 atom stereocenters. The van der Waals surface area contributed by atoms with Gasteiger partial charge in [0.05, 0.1) is 0 Å². The van der Waals surface area contributed by atoms with Gasteiger partial charge in [-0.05, 0) is 88.8 Å². The van der Waals surface area contributed by atoms with Gasteiger partial charge in [0, 0.05) is 13.7 Å². The topological polar surface area (TPSA) is 9.23 Å². The molecule has 1 aliphatic carbocycles. The summed E-state index contributed by atoms with van der Waals surface area (Å²) in [7, 11) is 1.74. The van der Waals surface area contributed by atoms with E-state index in [2.05, 4.69) is 180 Å². The molecule has 0 aliphatic heterocycles. The van der Waals surface area contributed by atoms with Crippen LogP contribution in [-0.4, -0.2) is 13.7 Å². The van der Waals surface area contributed by atoms with Crippen molar-refractivity contribution in [3.63, 3.8) is 0 Å². The second kappa shape index (κ2) is 46.7. The first-order chi connectivity index (χ1) is 24.5. The van der Waals surface area contributed by atoms with Crippen molar-refractivity contribution in [2.45, 2.75) is 319 Å². The predicted octanol–water partition coefficient (Wildman–Crippen LogP) is 23.6. The molecule has 0 radical (unpaired) electrons. The van der Waals surface area contributed by atoms with Gasteiger partial charge in [0.2, 0.25) is 0 Å². The van der Waals surface area contributed by atoms with Crippen molar-refractivity contribution < 1.29 is 4.74 Å². The van der Waals surface area contributed by atoms with Gasteiger partial charge in [-0.25, -0.2) is 0 Å². The maximum atomic E-state index is 4.92. The van der Waals surface area contributed by atoms with Crippen LogP contribution in [0, 0.1) is 43.8 Å². The van der Waals surface area contributed by atoms with E-state index in [4.69, 9.17) is 4.74 Å². The summed E-state index contributed by atoms with van der Waals surface area (Å²) < 4.78 is 4.92. The molecule has 0 aromatic carbocycles. The highest BCUT2D eigenvalue weighted by Crippen LogP contribution is 2.37. The third-order valence-electron chi connectivity index (χ3n) is 9.48. The van der Waals surface area contributed by atoms with E-state index in [1.165, 1.54) is 96.3 Å². The number of ether oxygens (including phenoxy) is 1. The third-order valence-corrected chi connectivity index (χ3v) is 9.48. The summed E-state index contributed by atoms with van der Waals surface area (Å²) in [5.74, 6) is 1.00. The first-order valence-corrected chi connectivity index (χ1v) is 23.6. The lowest BCUT2D eigenvalue weighted by Crippen LogP contribution is -2.22. The first kappa shape index (κ1) is 86.7. The van der Waals surface area contributed by atoms with Crippen molar-refractivity contribution in [2.24, 2.45) is 43.8 Å². The maximum Gasteiger partial charge on any atom is 0.0467 e. The van der Waals surface area contributed by atoms with Crippen LogP contribution >= 0.6 is 0 Å². The molecule has 0 heterocycles. The minimum absolute atomic E-state index is 0. The smallest absolute Gasteiger partial charge is 0.0467 e. The lowest BCUT2D eigenvalue weighted by Gasteiger charge is -2.33. The SMILES string of the molecule is C.C.C.C.C.C=CCC(C)(C)C.CC(C)(C)C1CCCCC1.CCC(C)(C)C.CCCC(C)(C)C.CCCC(C)(C)C.CCCCCCC(C)(C)C.COCCC(C)(C)C. The van der Waals surface area contributed by atoms with Crippen molar-refractivity contribution in [1.29, 1.82) is 0 Å². The number of unbranched alkanes of at least 4 members (excludes halogenated alkanes) is 3. The summed E-state index contributed by atoms with van der Waals surface area (Å²) in [5.41, 5.74) is 3.62. The Morgan fingerprint density at radius 3 is 0.900 bits per heavy atom. The lowest BCUT2D eigenvalue weighted by atomic mass is 9.72. The third kappa shape index (κ3) is 112. The van der Waals surface area contributed by atoms with Crippen molar-refractivity contribution in [3.8, 4) is 0 Å². The van der Waals surface area contributed by atoms with Crippen molar-refractivity contribution in [1.82, 2.24) is 0 Å². The monoisotopic (exact) mass is 863 g/mol. The highest BCUT2D eigenvalue weighted by molar-refractivity contribution is 4.77. The van der Waals surface area contributed by atoms with E-state index in [1.807, 2.05) is 6.08 Å². The fraction of sp³-hybridized carbons (Fsp3) is 0.966. The Bertz CT molecular complexity index is 730. The van der Waals surface area contributed by atoms with Crippen LogP contribution in [0.25, 0.3) is 0 Å². The summed E-state index contributed by atoms with van der Waals surface area (Å²) in [4.78, 5) is 0. The molecule has 1 aliphatic rings. The molecule has 1 fully saturated rings. The van der Waals surface area contributed by atoms with Gasteiger partial charge in [-0.3, -0.25) is 0 Å². The average Bonchev–Trinajstić information content (AvgIpc) is 2.97. The zero-order valence-corrected chi connectivity index (χ0v) is 44.5. The zero-order chi connectivity index (χ0) is 45.2. The summed E-state index contributed by atoms with van der Waals surface area (Å²) in [6.45, 7) is 61.2. The number of hydrogen-bond acceptors (Lipinski definition) is 1. The lowest BCUT2D eigenvalue weighted by molar-refractivity contribution is 0.159. The molecule has 1 saturated carbocycles. The van der Waals surface area contributed by atoms with E-state index in [0.29, 0.717) is 37.9 Å². The quantitative estimate of drug-likeness (QED) is 0.166. The van der Waals surface area contributed by atoms with Crippen LogP contribution < -0.4 is 0 Å². The van der Waals surface area contributed by atoms with Crippen LogP contribution in [0.5, 0.6) is 0 Å². The Balaban J connectivity index is -0.0000000515. The van der Waals surface area contributed by atoms with Crippen LogP contribution in [0.1, 0.15) is 319 Å². The molecule has 0 N–H and O–H groups in total. The molecule has 1 rings (SSSR count). The Morgan fingerprint density at radius 1 is 0.433 bits per heavy atom. The largest absolute Gasteiger partial charge is 0.385 e. The summed E-state index contributed by atoms with van der Waals surface area (Å²) in [6.07, 6.45) is 25.1. The molecule has 0 spiro atoms. The van der Waals surface area contributed by atoms with E-state index in [-0.39, 0.29) is 37.1 Å². The van der Waals surface area contributed by atoms with Crippen LogP contribution in [0.2, 0.25) is 0 Å². The number of allylic oxidation sites excluding steroid dienone is 1. The van der Waals surface area contributed by atoms with E-state index in [1.54, 1.807) is 7.11 Å². The van der Waals surface area contributed by atoms with Gasteiger partial charge in [0.25, 0.3) is 0 Å². The van der Waals surface area contributed by atoms with E-state index in [9.17, 15) is 0 Å². The fourth-order valence-electron chi connectivity index (χ4n) is 5.39. The van der Waals surface area contributed by atoms with Gasteiger partial charge in [0.1, 0.15) is 0 Å². The Morgan fingerprint density at radius 2 is 0.767 bits per heavy atom. The summed E-state index contributed by atoms with van der Waals surface area (Å²) >= 11 is 0. The Hall–Kier alpha value is -0.300. The molecule has 60 heavy (non-hydrogen) atoms. The Kier molecular flexibility index (Phi) is 67.5. The Labute approximate surface area is 392 Å². The molecule has 0 aromatic rings. The molecule has 1 heteroatoms. The molecule has 380 valence electrons. The number of rotatable bonds is 9. The number of methoxy groups -OCH3 is 1. The van der Waals surface area contributed by atoms with Crippen LogP contribution in [-0.2, 0) is 4.74 Å². The summed E-state index contributed by atoms with van der Waals surface area (Å²) in [5, 5.41) is 0. The zero-order valence-electron chi connectivity index (χ0n) is 44.5. The van der Waals surface area contributed by atoms with Crippen molar-refractivity contribution in [2.75, 3.05) is 13.7 Å². The van der Waals surface area contributed by atoms with Crippen molar-refractivity contribution in [3.05, 3.63) is 12.7 Å². The second-order valence-corrected chi connectivity index (χ2v) is 25.0. The molecule has 0 aromatic heterocycles. The molecule has 0 amide bonds. The van der Waals surface area contributed by atoms with Crippen LogP contribution in [0.15, 0.2) is 12.7 Å². The van der Waals surface area contributed by atoms with Gasteiger partial charge in [-0.15, -0.1) is 6.58 Å². The average molecular weight is 864 g/mol. The van der Waals surface area contributed by atoms with Gasteiger partial charge in [-0.2, -0.15) is 0 Å². The second-order valence-electron chi connectivity index (χ2n) is 25.0. The normalized spacial score (nSPS) is 12.8. The molecular formula is C59H138O. The van der Waals surface area contributed by atoms with Gasteiger partial charge < -0.3 is 4.74 Å². The van der Waals surface area contributed by atoms with Crippen LogP contribution in [0.3, 0.4) is 0 Å². The first-order valence-electron chi connectivity index (χ1n) is 23.6. The molecule has 0 unspecified atom stereocenters. The van der Waals surface area contributed by atoms with Gasteiger partial charge >= 0.3 is 0 Å². The molecular weight excluding hydrogens is 725 g/mol. The standard InChI is InChI=1S/C10H20.C10H22.C7H16O.2C7H16.C7H14.C6H14.5CH4/c1-10(2,3)9-7-5-4-6-8-9;1-5-6-7-8-9-10(2,3)4;1-7(2,3)5-6-8-4;3*1-5-6-7(2,3)4;1-5-6(2,3)4;;;;;/h9H,4-8H2,1-3H3;5-9H2,1-4H3;5-6H2,1-4H3;2*5-6H2,1-4H3;5H,1,6H2,2-4H3;5H2,1-4H3;5*1H4. The minimum Gasteiger partial charge on any atom is -0.385 e. The molecule has 0 saturated heterocycles. The minimum atomic E-state index is 0. The van der Waals surface area contributed by atoms with E-state index >= 15 is 0 Å². The predicted molar refractivity (Wildman–Crippen MR) is 297 cm³/mol. The van der Waals surface area contributed by atoms with Crippen molar-refractivity contribution >= 4 is 0 Å². The van der Waals surface area contributed by atoms with Crippen LogP contribution in [0.4, 0.5) is 0 Å². The molecule has 1 nitrogen and oxygen atoms in total. The maximum absolute atomic E-state index is 4.92. The molecule has 0 bridgehead atoms. The number of hydrogen-bond donors (Lipinski definition) is 0. The van der Waals surface area contributed by atoms with Gasteiger partial charge in [-0.1, -0.05) is 281 Å². The summed E-state index contributed by atoms with van der Waals surface area (Å²) in [6, 6.07) is 0. The van der Waals surface area contributed by atoms with Gasteiger partial charge in [0.15, 0.2) is 0 Å². The van der Waals surface area contributed by atoms with E-state index in [0.717, 1.165) is 25.4 Å². The van der Waals surface area contributed by atoms with E-state index < -0.39 is 0 Å². The highest BCUT2D eigenvalue weighted by atomic mass is 16.5. The highest BCUT2D eigenvalue weighted by Gasteiger charge is 2.25.